The van der Waals surface area contributed by atoms with E-state index in [1.54, 1.807) is 48.9 Å². The lowest BCUT2D eigenvalue weighted by Crippen LogP contribution is -2.05. The Morgan fingerprint density at radius 1 is 1.05 bits per heavy atom. The molecule has 0 aliphatic heterocycles. The molecule has 116 valence electrons. The zero-order chi connectivity index (χ0) is 15.9. The van der Waals surface area contributed by atoms with E-state index in [2.05, 4.69) is 12.1 Å². The molecule has 0 fully saturated rings. The van der Waals surface area contributed by atoms with E-state index in [-0.39, 0.29) is 3.79 Å². The monoisotopic (exact) mass is 412 g/mol. The molecule has 0 spiro atoms. The van der Waals surface area contributed by atoms with Crippen molar-refractivity contribution in [3.63, 3.8) is 0 Å². The lowest BCUT2D eigenvalue weighted by molar-refractivity contribution is 0.110. The topological polar surface area (TPSA) is 44.8 Å². The Labute approximate surface area is 143 Å². The van der Waals surface area contributed by atoms with E-state index in [1.165, 1.54) is 5.56 Å². The molecule has 0 saturated heterocycles. The molecule has 0 bridgehead atoms. The Bertz CT molecular complexity index is 615. The SMILES string of the molecule is COc1cc(C(=O)I)cc(OC)c1OCCc1ccccc1. The van der Waals surface area contributed by atoms with Gasteiger partial charge in [-0.1, -0.05) is 30.3 Å². The second kappa shape index (κ2) is 8.03. The number of rotatable bonds is 7. The van der Waals surface area contributed by atoms with Crippen LogP contribution in [0.2, 0.25) is 0 Å². The molecule has 2 aromatic rings. The predicted octanol–water partition coefficient (Wildman–Crippen LogP) is 3.90. The summed E-state index contributed by atoms with van der Waals surface area (Å²) in [6.45, 7) is 0.494. The molecule has 0 aromatic heterocycles. The molecular formula is C17H17IO4. The summed E-state index contributed by atoms with van der Waals surface area (Å²) in [6, 6.07) is 13.4. The van der Waals surface area contributed by atoms with E-state index in [0.29, 0.717) is 29.4 Å². The standard InChI is InChI=1S/C17H17IO4/c1-20-14-10-13(17(18)19)11-15(21-2)16(14)22-9-8-12-6-4-3-5-7-12/h3-7,10-11H,8-9H2,1-2H3. The Hall–Kier alpha value is -1.76. The molecule has 0 saturated carbocycles. The highest BCUT2D eigenvalue weighted by molar-refractivity contribution is 14.1. The van der Waals surface area contributed by atoms with E-state index in [0.717, 1.165) is 6.42 Å². The summed E-state index contributed by atoms with van der Waals surface area (Å²) in [5.41, 5.74) is 1.71. The van der Waals surface area contributed by atoms with E-state index in [1.807, 2.05) is 18.2 Å². The lowest BCUT2D eigenvalue weighted by atomic mass is 10.1. The quantitative estimate of drug-likeness (QED) is 0.511. The van der Waals surface area contributed by atoms with Crippen LogP contribution in [0.3, 0.4) is 0 Å². The number of methoxy groups -OCH3 is 2. The summed E-state index contributed by atoms with van der Waals surface area (Å²) in [5, 5.41) is 0. The number of carbonyl (C=O) groups is 1. The number of hydrogen-bond donors (Lipinski definition) is 0. The first-order valence-corrected chi connectivity index (χ1v) is 7.86. The molecular weight excluding hydrogens is 395 g/mol. The van der Waals surface area contributed by atoms with Gasteiger partial charge in [0.15, 0.2) is 11.5 Å². The normalized spacial score (nSPS) is 10.1. The number of benzene rings is 2. The van der Waals surface area contributed by atoms with Gasteiger partial charge in [0, 0.05) is 34.6 Å². The molecule has 5 heteroatoms. The van der Waals surface area contributed by atoms with Crippen LogP contribution in [-0.2, 0) is 6.42 Å². The average molecular weight is 412 g/mol. The zero-order valence-corrected chi connectivity index (χ0v) is 14.6. The highest BCUT2D eigenvalue weighted by Crippen LogP contribution is 2.39. The number of ether oxygens (including phenoxy) is 3. The molecule has 0 amide bonds. The zero-order valence-electron chi connectivity index (χ0n) is 12.5. The molecule has 2 rings (SSSR count). The maximum absolute atomic E-state index is 11.5. The minimum Gasteiger partial charge on any atom is -0.493 e. The Kier molecular flexibility index (Phi) is 6.06. The highest BCUT2D eigenvalue weighted by Gasteiger charge is 2.16. The second-order valence-electron chi connectivity index (χ2n) is 4.57. The van der Waals surface area contributed by atoms with Gasteiger partial charge < -0.3 is 14.2 Å². The first-order valence-electron chi connectivity index (χ1n) is 6.78. The second-order valence-corrected chi connectivity index (χ2v) is 5.55. The van der Waals surface area contributed by atoms with Crippen molar-refractivity contribution >= 4 is 26.4 Å². The van der Waals surface area contributed by atoms with E-state index >= 15 is 0 Å². The summed E-state index contributed by atoms with van der Waals surface area (Å²) >= 11 is 1.73. The Balaban J connectivity index is 2.16. The fraction of sp³-hybridized carbons (Fsp3) is 0.235. The van der Waals surface area contributed by atoms with Crippen LogP contribution in [0.25, 0.3) is 0 Å². The third-order valence-electron chi connectivity index (χ3n) is 3.17. The number of carbonyl (C=O) groups excluding carboxylic acids is 1. The summed E-state index contributed by atoms with van der Waals surface area (Å²) < 4.78 is 16.4. The minimum absolute atomic E-state index is 0.0787. The molecule has 0 aliphatic carbocycles. The third kappa shape index (κ3) is 4.13. The fourth-order valence-electron chi connectivity index (χ4n) is 2.05. The van der Waals surface area contributed by atoms with Crippen LogP contribution in [0.15, 0.2) is 42.5 Å². The lowest BCUT2D eigenvalue weighted by Gasteiger charge is -2.15. The molecule has 22 heavy (non-hydrogen) atoms. The van der Waals surface area contributed by atoms with Crippen LogP contribution in [0.1, 0.15) is 15.9 Å². The summed E-state index contributed by atoms with van der Waals surface area (Å²) in [6.07, 6.45) is 0.778. The van der Waals surface area contributed by atoms with Gasteiger partial charge in [0.2, 0.25) is 9.54 Å². The summed E-state index contributed by atoms with van der Waals surface area (Å²) in [5.74, 6) is 1.50. The largest absolute Gasteiger partial charge is 0.493 e. The van der Waals surface area contributed by atoms with Crippen LogP contribution >= 0.6 is 22.6 Å². The Morgan fingerprint density at radius 2 is 1.64 bits per heavy atom. The van der Waals surface area contributed by atoms with Crippen LogP contribution in [-0.4, -0.2) is 24.6 Å². The van der Waals surface area contributed by atoms with E-state index in [9.17, 15) is 4.79 Å². The molecule has 0 aliphatic rings. The maximum Gasteiger partial charge on any atom is 0.222 e. The van der Waals surface area contributed by atoms with Crippen LogP contribution in [0.5, 0.6) is 17.2 Å². The predicted molar refractivity (Wildman–Crippen MR) is 93.5 cm³/mol. The summed E-state index contributed by atoms with van der Waals surface area (Å²) in [7, 11) is 3.08. The minimum atomic E-state index is -0.0787. The van der Waals surface area contributed by atoms with Crippen molar-refractivity contribution in [1.82, 2.24) is 0 Å². The first-order chi connectivity index (χ1) is 10.7. The van der Waals surface area contributed by atoms with Gasteiger partial charge in [0.05, 0.1) is 20.8 Å². The van der Waals surface area contributed by atoms with Crippen molar-refractivity contribution < 1.29 is 19.0 Å². The molecule has 0 radical (unpaired) electrons. The van der Waals surface area contributed by atoms with Gasteiger partial charge in [-0.25, -0.2) is 0 Å². The van der Waals surface area contributed by atoms with Crippen LogP contribution < -0.4 is 14.2 Å². The number of halogens is 1. The van der Waals surface area contributed by atoms with Gasteiger partial charge >= 0.3 is 0 Å². The van der Waals surface area contributed by atoms with Crippen LogP contribution in [0, 0.1) is 0 Å². The van der Waals surface area contributed by atoms with Crippen molar-refractivity contribution in [3.8, 4) is 17.2 Å². The van der Waals surface area contributed by atoms with E-state index < -0.39 is 0 Å². The molecule has 2 aromatic carbocycles. The smallest absolute Gasteiger partial charge is 0.222 e. The van der Waals surface area contributed by atoms with Crippen LogP contribution in [0.4, 0.5) is 0 Å². The van der Waals surface area contributed by atoms with Gasteiger partial charge in [-0.2, -0.15) is 0 Å². The molecule has 0 unspecified atom stereocenters. The molecule has 0 heterocycles. The van der Waals surface area contributed by atoms with Crippen molar-refractivity contribution in [2.75, 3.05) is 20.8 Å². The first kappa shape index (κ1) is 16.6. The number of hydrogen-bond acceptors (Lipinski definition) is 4. The van der Waals surface area contributed by atoms with Crippen molar-refractivity contribution in [2.45, 2.75) is 6.42 Å². The van der Waals surface area contributed by atoms with Gasteiger partial charge in [0.25, 0.3) is 0 Å². The van der Waals surface area contributed by atoms with Crippen molar-refractivity contribution in [1.29, 1.82) is 0 Å². The average Bonchev–Trinajstić information content (AvgIpc) is 2.55. The summed E-state index contributed by atoms with van der Waals surface area (Å²) in [4.78, 5) is 11.5. The molecule has 0 atom stereocenters. The molecule has 0 N–H and O–H groups in total. The van der Waals surface area contributed by atoms with Gasteiger partial charge in [0.1, 0.15) is 0 Å². The Morgan fingerprint density at radius 3 is 2.14 bits per heavy atom. The maximum atomic E-state index is 11.5. The van der Waals surface area contributed by atoms with Crippen molar-refractivity contribution in [3.05, 3.63) is 53.6 Å². The fourth-order valence-corrected chi connectivity index (χ4v) is 2.36. The highest BCUT2D eigenvalue weighted by atomic mass is 127. The van der Waals surface area contributed by atoms with E-state index in [4.69, 9.17) is 14.2 Å². The van der Waals surface area contributed by atoms with Gasteiger partial charge in [-0.05, 0) is 17.7 Å². The van der Waals surface area contributed by atoms with Gasteiger partial charge in [-0.15, -0.1) is 0 Å². The van der Waals surface area contributed by atoms with Gasteiger partial charge in [-0.3, -0.25) is 4.79 Å². The molecule has 4 nitrogen and oxygen atoms in total. The van der Waals surface area contributed by atoms with Crippen molar-refractivity contribution in [2.24, 2.45) is 0 Å². The third-order valence-corrected chi connectivity index (χ3v) is 3.79.